The fourth-order valence-electron chi connectivity index (χ4n) is 2.30. The largest absolute Gasteiger partial charge is 0.292 e. The van der Waals surface area contributed by atoms with Crippen molar-refractivity contribution < 1.29 is 17.6 Å². The maximum absolute atomic E-state index is 13.5. The summed E-state index contributed by atoms with van der Waals surface area (Å²) in [5.41, 5.74) is -1.98. The second kappa shape index (κ2) is 5.49. The molecule has 2 heterocycles. The average molecular weight is 326 g/mol. The Balaban J connectivity index is 2.41. The third-order valence-corrected chi connectivity index (χ3v) is 3.36. The van der Waals surface area contributed by atoms with E-state index in [0.29, 0.717) is 0 Å². The van der Waals surface area contributed by atoms with Crippen LogP contribution in [0.2, 0.25) is 0 Å². The molecular weight excluding hydrogens is 316 g/mol. The van der Waals surface area contributed by atoms with Crippen LogP contribution in [-0.2, 0) is 0 Å². The lowest BCUT2D eigenvalue weighted by Gasteiger charge is -2.08. The van der Waals surface area contributed by atoms with E-state index in [1.54, 1.807) is 19.1 Å². The summed E-state index contributed by atoms with van der Waals surface area (Å²) >= 11 is 0. The number of hydrogen-bond donors (Lipinski definition) is 1. The van der Waals surface area contributed by atoms with Gasteiger partial charge in [0.2, 0.25) is 0 Å². The van der Waals surface area contributed by atoms with Crippen LogP contribution < -0.4 is 5.56 Å². The van der Waals surface area contributed by atoms with Gasteiger partial charge in [-0.25, -0.2) is 27.3 Å². The number of nitrogens with zero attached hydrogens (tertiary/aromatic N) is 3. The molecule has 3 aromatic rings. The number of aryl methyl sites for hydroxylation is 1. The van der Waals surface area contributed by atoms with Crippen molar-refractivity contribution >= 4 is 10.9 Å². The predicted molar refractivity (Wildman–Crippen MR) is 74.1 cm³/mol. The molecule has 0 aliphatic rings. The Hall–Kier alpha value is -2.71. The Kier molecular flexibility index (Phi) is 3.63. The fraction of sp³-hybridized carbons (Fsp3) is 0.214. The maximum Gasteiger partial charge on any atom is 0.292 e. The minimum atomic E-state index is -3.12. The Morgan fingerprint density at radius 2 is 1.74 bits per heavy atom. The molecule has 0 saturated carbocycles. The summed E-state index contributed by atoms with van der Waals surface area (Å²) in [6.07, 6.45) is -6.23. The summed E-state index contributed by atoms with van der Waals surface area (Å²) in [7, 11) is 0. The molecule has 3 rings (SSSR count). The number of rotatable bonds is 3. The van der Waals surface area contributed by atoms with E-state index in [1.165, 1.54) is 12.1 Å². The molecule has 23 heavy (non-hydrogen) atoms. The summed E-state index contributed by atoms with van der Waals surface area (Å²) in [4.78, 5) is 11.7. The lowest BCUT2D eigenvalue weighted by molar-refractivity contribution is 0.140. The number of halogens is 4. The van der Waals surface area contributed by atoms with Gasteiger partial charge in [-0.1, -0.05) is 17.7 Å². The van der Waals surface area contributed by atoms with Gasteiger partial charge < -0.3 is 0 Å². The molecule has 0 unspecified atom stereocenters. The molecule has 9 heteroatoms. The summed E-state index contributed by atoms with van der Waals surface area (Å²) < 4.78 is 53.9. The third-order valence-electron chi connectivity index (χ3n) is 3.36. The summed E-state index contributed by atoms with van der Waals surface area (Å²) in [5, 5.41) is 8.24. The third kappa shape index (κ3) is 2.47. The van der Waals surface area contributed by atoms with E-state index in [9.17, 15) is 22.4 Å². The molecule has 0 fully saturated rings. The van der Waals surface area contributed by atoms with E-state index in [1.807, 2.05) is 5.10 Å². The molecule has 120 valence electrons. The van der Waals surface area contributed by atoms with Crippen molar-refractivity contribution in [2.75, 3.05) is 0 Å². The number of benzene rings is 1. The summed E-state index contributed by atoms with van der Waals surface area (Å²) in [5.74, 6) is 0. The lowest BCUT2D eigenvalue weighted by atomic mass is 10.2. The molecule has 5 nitrogen and oxygen atoms in total. The van der Waals surface area contributed by atoms with Crippen LogP contribution in [0.15, 0.2) is 29.1 Å². The highest BCUT2D eigenvalue weighted by Gasteiger charge is 2.28. The molecule has 0 aliphatic heterocycles. The highest BCUT2D eigenvalue weighted by Crippen LogP contribution is 2.33. The molecule has 0 spiro atoms. The first-order chi connectivity index (χ1) is 10.9. The molecule has 0 atom stereocenters. The molecule has 1 N–H and O–H groups in total. The smallest absolute Gasteiger partial charge is 0.265 e. The van der Waals surface area contributed by atoms with Gasteiger partial charge in [-0.3, -0.25) is 4.79 Å². The van der Waals surface area contributed by atoms with Gasteiger partial charge in [-0.2, -0.15) is 10.2 Å². The fourth-order valence-corrected chi connectivity index (χ4v) is 2.30. The number of alkyl halides is 4. The predicted octanol–water partition coefficient (Wildman–Crippen LogP) is 3.29. The van der Waals surface area contributed by atoms with Gasteiger partial charge in [0, 0.05) is 0 Å². The van der Waals surface area contributed by atoms with Crippen LogP contribution in [0.4, 0.5) is 17.6 Å². The van der Waals surface area contributed by atoms with E-state index in [-0.39, 0.29) is 5.69 Å². The first-order valence-electron chi connectivity index (χ1n) is 6.54. The molecule has 0 amide bonds. The van der Waals surface area contributed by atoms with Crippen LogP contribution >= 0.6 is 0 Å². The Morgan fingerprint density at radius 3 is 2.30 bits per heavy atom. The van der Waals surface area contributed by atoms with E-state index in [4.69, 9.17) is 0 Å². The van der Waals surface area contributed by atoms with E-state index >= 15 is 0 Å². The van der Waals surface area contributed by atoms with Crippen LogP contribution in [-0.4, -0.2) is 20.0 Å². The van der Waals surface area contributed by atoms with Gasteiger partial charge in [0.15, 0.2) is 5.52 Å². The van der Waals surface area contributed by atoms with Crippen molar-refractivity contribution in [2.45, 2.75) is 19.8 Å². The SMILES string of the molecule is Cc1ccc(-n2nc3c(=O)[nH]nc(C(F)F)c3c2C(F)F)cc1. The molecule has 0 radical (unpaired) electrons. The first-order valence-corrected chi connectivity index (χ1v) is 6.54. The zero-order chi connectivity index (χ0) is 16.7. The summed E-state index contributed by atoms with van der Waals surface area (Å²) in [6.45, 7) is 1.81. The molecular formula is C14H10F4N4O. The normalized spacial score (nSPS) is 11.8. The Labute approximate surface area is 126 Å². The quantitative estimate of drug-likeness (QED) is 0.751. The van der Waals surface area contributed by atoms with Crippen molar-refractivity contribution in [3.8, 4) is 5.69 Å². The average Bonchev–Trinajstić information content (AvgIpc) is 2.89. The van der Waals surface area contributed by atoms with Crippen LogP contribution in [0.1, 0.15) is 29.8 Å². The number of fused-ring (bicyclic) bond motifs is 1. The van der Waals surface area contributed by atoms with Crippen molar-refractivity contribution in [3.05, 3.63) is 51.6 Å². The Bertz CT molecular complexity index is 915. The second-order valence-electron chi connectivity index (χ2n) is 4.90. The number of hydrogen-bond acceptors (Lipinski definition) is 3. The minimum Gasteiger partial charge on any atom is -0.265 e. The molecule has 0 aliphatic carbocycles. The van der Waals surface area contributed by atoms with Crippen LogP contribution in [0.3, 0.4) is 0 Å². The highest BCUT2D eigenvalue weighted by molar-refractivity contribution is 5.84. The van der Waals surface area contributed by atoms with Gasteiger partial charge in [-0.15, -0.1) is 0 Å². The monoisotopic (exact) mass is 326 g/mol. The van der Waals surface area contributed by atoms with Gasteiger partial charge in [-0.05, 0) is 19.1 Å². The first kappa shape index (κ1) is 15.2. The maximum atomic E-state index is 13.5. The zero-order valence-electron chi connectivity index (χ0n) is 11.7. The second-order valence-corrected chi connectivity index (χ2v) is 4.90. The van der Waals surface area contributed by atoms with E-state index < -0.39 is 40.7 Å². The lowest BCUT2D eigenvalue weighted by Crippen LogP contribution is -2.11. The molecule has 0 bridgehead atoms. The van der Waals surface area contributed by atoms with E-state index in [0.717, 1.165) is 10.2 Å². The van der Waals surface area contributed by atoms with Crippen LogP contribution in [0, 0.1) is 6.92 Å². The summed E-state index contributed by atoms with van der Waals surface area (Å²) in [6, 6.07) is 6.34. The topological polar surface area (TPSA) is 63.6 Å². The van der Waals surface area contributed by atoms with Crippen molar-refractivity contribution in [1.29, 1.82) is 0 Å². The van der Waals surface area contributed by atoms with Crippen LogP contribution in [0.25, 0.3) is 16.6 Å². The van der Waals surface area contributed by atoms with E-state index in [2.05, 4.69) is 10.2 Å². The zero-order valence-corrected chi connectivity index (χ0v) is 11.7. The standard InChI is InChI=1S/C14H10F4N4O/c1-6-2-4-7(5-3-6)22-11(13(17)18)8-9(12(15)16)19-20-14(23)10(8)21-22/h2-5,12-13H,1H3,(H,20,23). The number of H-pyrrole nitrogens is 1. The Morgan fingerprint density at radius 1 is 1.09 bits per heavy atom. The van der Waals surface area contributed by atoms with Crippen LogP contribution in [0.5, 0.6) is 0 Å². The number of nitrogens with one attached hydrogen (secondary N) is 1. The van der Waals surface area contributed by atoms with Crippen molar-refractivity contribution in [1.82, 2.24) is 20.0 Å². The minimum absolute atomic E-state index is 0.238. The molecule has 1 aromatic carbocycles. The molecule has 2 aromatic heterocycles. The van der Waals surface area contributed by atoms with Gasteiger partial charge >= 0.3 is 0 Å². The van der Waals surface area contributed by atoms with Crippen molar-refractivity contribution in [3.63, 3.8) is 0 Å². The molecule has 0 saturated heterocycles. The van der Waals surface area contributed by atoms with Gasteiger partial charge in [0.1, 0.15) is 11.4 Å². The number of aromatic nitrogens is 4. The van der Waals surface area contributed by atoms with Gasteiger partial charge in [0.25, 0.3) is 18.4 Å². The highest BCUT2D eigenvalue weighted by atomic mass is 19.3. The van der Waals surface area contributed by atoms with Gasteiger partial charge in [0.05, 0.1) is 11.1 Å². The number of aromatic amines is 1. The van der Waals surface area contributed by atoms with Crippen molar-refractivity contribution in [2.24, 2.45) is 0 Å².